The molecule has 0 fully saturated rings. The minimum absolute atomic E-state index is 0.667. The summed E-state index contributed by atoms with van der Waals surface area (Å²) in [5, 5.41) is 9.87. The number of aliphatic hydroxyl groups is 1. The summed E-state index contributed by atoms with van der Waals surface area (Å²) in [5.41, 5.74) is 1.41. The Morgan fingerprint density at radius 1 is 1.00 bits per heavy atom. The third kappa shape index (κ3) is 1.75. The molecule has 0 aromatic carbocycles. The molecule has 1 N–H and O–H groups in total. The Hall–Kier alpha value is -1.81. The zero-order chi connectivity index (χ0) is 9.80. The molecular formula is C10H9N3O. The molecule has 1 atom stereocenters. The van der Waals surface area contributed by atoms with Crippen molar-refractivity contribution in [3.8, 4) is 0 Å². The van der Waals surface area contributed by atoms with Gasteiger partial charge in [-0.3, -0.25) is 4.98 Å². The lowest BCUT2D eigenvalue weighted by Crippen LogP contribution is -2.00. The molecule has 0 spiro atoms. The second kappa shape index (κ2) is 3.93. The van der Waals surface area contributed by atoms with E-state index in [4.69, 9.17) is 0 Å². The minimum atomic E-state index is -0.704. The van der Waals surface area contributed by atoms with Crippen LogP contribution in [-0.4, -0.2) is 20.1 Å². The number of hydrogen-bond donors (Lipinski definition) is 1. The molecule has 0 aliphatic rings. The first-order chi connectivity index (χ1) is 6.88. The minimum Gasteiger partial charge on any atom is -0.383 e. The average Bonchev–Trinajstić information content (AvgIpc) is 2.30. The lowest BCUT2D eigenvalue weighted by Gasteiger charge is -2.08. The van der Waals surface area contributed by atoms with Crippen molar-refractivity contribution in [1.29, 1.82) is 0 Å². The molecule has 0 aliphatic carbocycles. The second-order valence-corrected chi connectivity index (χ2v) is 2.86. The van der Waals surface area contributed by atoms with Crippen LogP contribution in [0.3, 0.4) is 0 Å². The van der Waals surface area contributed by atoms with Crippen LogP contribution in [0.25, 0.3) is 0 Å². The standard InChI is InChI=1S/C10H9N3O/c14-10(8-2-1-3-11-4-8)9-5-12-7-13-6-9/h1-7,10,14H. The topological polar surface area (TPSA) is 58.9 Å². The summed E-state index contributed by atoms with van der Waals surface area (Å²) in [6.45, 7) is 0. The van der Waals surface area contributed by atoms with Gasteiger partial charge in [0.2, 0.25) is 0 Å². The van der Waals surface area contributed by atoms with Gasteiger partial charge in [0.1, 0.15) is 12.4 Å². The first-order valence-corrected chi connectivity index (χ1v) is 4.21. The van der Waals surface area contributed by atoms with Gasteiger partial charge in [0.25, 0.3) is 0 Å². The smallest absolute Gasteiger partial charge is 0.115 e. The molecule has 0 bridgehead atoms. The predicted octanol–water partition coefficient (Wildman–Crippen LogP) is 0.953. The monoisotopic (exact) mass is 187 g/mol. The van der Waals surface area contributed by atoms with Crippen molar-refractivity contribution in [1.82, 2.24) is 15.0 Å². The van der Waals surface area contributed by atoms with Gasteiger partial charge in [0.05, 0.1) is 0 Å². The summed E-state index contributed by atoms with van der Waals surface area (Å²) in [5.74, 6) is 0. The molecule has 0 amide bonds. The molecule has 0 radical (unpaired) electrons. The average molecular weight is 187 g/mol. The van der Waals surface area contributed by atoms with E-state index in [-0.39, 0.29) is 0 Å². The normalized spacial score (nSPS) is 12.4. The van der Waals surface area contributed by atoms with Crippen LogP contribution in [0.5, 0.6) is 0 Å². The highest BCUT2D eigenvalue weighted by molar-refractivity contribution is 5.23. The predicted molar refractivity (Wildman–Crippen MR) is 50.3 cm³/mol. The van der Waals surface area contributed by atoms with Gasteiger partial charge in [-0.1, -0.05) is 6.07 Å². The fourth-order valence-electron chi connectivity index (χ4n) is 1.18. The van der Waals surface area contributed by atoms with E-state index in [2.05, 4.69) is 15.0 Å². The van der Waals surface area contributed by atoms with Crippen molar-refractivity contribution in [3.05, 3.63) is 54.4 Å². The summed E-state index contributed by atoms with van der Waals surface area (Å²) in [6.07, 6.45) is 7.19. The Balaban J connectivity index is 2.30. The number of aliphatic hydroxyl groups excluding tert-OH is 1. The second-order valence-electron chi connectivity index (χ2n) is 2.86. The Labute approximate surface area is 81.3 Å². The highest BCUT2D eigenvalue weighted by Gasteiger charge is 2.09. The lowest BCUT2D eigenvalue weighted by molar-refractivity contribution is 0.219. The van der Waals surface area contributed by atoms with E-state index in [0.717, 1.165) is 5.56 Å². The maximum atomic E-state index is 9.87. The van der Waals surface area contributed by atoms with Crippen LogP contribution >= 0.6 is 0 Å². The van der Waals surface area contributed by atoms with Crippen LogP contribution in [0.15, 0.2) is 43.2 Å². The van der Waals surface area contributed by atoms with E-state index in [1.54, 1.807) is 30.9 Å². The van der Waals surface area contributed by atoms with E-state index in [1.165, 1.54) is 6.33 Å². The molecule has 2 aromatic rings. The van der Waals surface area contributed by atoms with Crippen molar-refractivity contribution < 1.29 is 5.11 Å². The van der Waals surface area contributed by atoms with Crippen molar-refractivity contribution in [2.45, 2.75) is 6.10 Å². The third-order valence-corrected chi connectivity index (χ3v) is 1.90. The van der Waals surface area contributed by atoms with Crippen molar-refractivity contribution in [2.75, 3.05) is 0 Å². The molecule has 0 saturated heterocycles. The van der Waals surface area contributed by atoms with Crippen LogP contribution in [0.2, 0.25) is 0 Å². The summed E-state index contributed by atoms with van der Waals surface area (Å²) in [6, 6.07) is 3.59. The van der Waals surface area contributed by atoms with E-state index in [9.17, 15) is 5.11 Å². The van der Waals surface area contributed by atoms with Crippen molar-refractivity contribution in [3.63, 3.8) is 0 Å². The van der Waals surface area contributed by atoms with E-state index in [1.807, 2.05) is 6.07 Å². The largest absolute Gasteiger partial charge is 0.383 e. The fraction of sp³-hybridized carbons (Fsp3) is 0.100. The van der Waals surface area contributed by atoms with E-state index >= 15 is 0 Å². The zero-order valence-corrected chi connectivity index (χ0v) is 7.41. The molecule has 4 nitrogen and oxygen atoms in total. The number of nitrogens with zero attached hydrogens (tertiary/aromatic N) is 3. The molecular weight excluding hydrogens is 178 g/mol. The highest BCUT2D eigenvalue weighted by atomic mass is 16.3. The van der Waals surface area contributed by atoms with Gasteiger partial charge in [0, 0.05) is 35.9 Å². The molecule has 2 rings (SSSR count). The van der Waals surface area contributed by atoms with Crippen LogP contribution in [-0.2, 0) is 0 Å². The highest BCUT2D eigenvalue weighted by Crippen LogP contribution is 2.18. The van der Waals surface area contributed by atoms with Gasteiger partial charge in [0.15, 0.2) is 0 Å². The quantitative estimate of drug-likeness (QED) is 0.760. The van der Waals surface area contributed by atoms with E-state index in [0.29, 0.717) is 5.56 Å². The van der Waals surface area contributed by atoms with Crippen LogP contribution < -0.4 is 0 Å². The molecule has 2 aromatic heterocycles. The maximum absolute atomic E-state index is 9.87. The molecule has 2 heterocycles. The SMILES string of the molecule is OC(c1cccnc1)c1cncnc1. The van der Waals surface area contributed by atoms with Gasteiger partial charge in [-0.2, -0.15) is 0 Å². The Bertz CT molecular complexity index is 351. The van der Waals surface area contributed by atoms with Gasteiger partial charge < -0.3 is 5.11 Å². The Morgan fingerprint density at radius 3 is 2.36 bits per heavy atom. The summed E-state index contributed by atoms with van der Waals surface area (Å²) in [7, 11) is 0. The van der Waals surface area contributed by atoms with Crippen LogP contribution in [0.1, 0.15) is 17.2 Å². The summed E-state index contributed by atoms with van der Waals surface area (Å²) >= 11 is 0. The number of pyridine rings is 1. The van der Waals surface area contributed by atoms with Crippen LogP contribution in [0, 0.1) is 0 Å². The fourth-order valence-corrected chi connectivity index (χ4v) is 1.18. The zero-order valence-electron chi connectivity index (χ0n) is 7.41. The van der Waals surface area contributed by atoms with Gasteiger partial charge in [-0.25, -0.2) is 9.97 Å². The Kier molecular flexibility index (Phi) is 2.46. The molecule has 4 heteroatoms. The number of rotatable bonds is 2. The first-order valence-electron chi connectivity index (χ1n) is 4.21. The van der Waals surface area contributed by atoms with Gasteiger partial charge in [-0.15, -0.1) is 0 Å². The van der Waals surface area contributed by atoms with Crippen molar-refractivity contribution in [2.24, 2.45) is 0 Å². The van der Waals surface area contributed by atoms with Gasteiger partial charge in [-0.05, 0) is 6.07 Å². The maximum Gasteiger partial charge on any atom is 0.115 e. The first kappa shape index (κ1) is 8.77. The van der Waals surface area contributed by atoms with Crippen LogP contribution in [0.4, 0.5) is 0 Å². The summed E-state index contributed by atoms with van der Waals surface area (Å²) < 4.78 is 0. The Morgan fingerprint density at radius 2 is 1.71 bits per heavy atom. The molecule has 1 unspecified atom stereocenters. The van der Waals surface area contributed by atoms with Gasteiger partial charge >= 0.3 is 0 Å². The number of hydrogen-bond acceptors (Lipinski definition) is 4. The molecule has 70 valence electrons. The summed E-state index contributed by atoms with van der Waals surface area (Å²) in [4.78, 5) is 11.6. The lowest BCUT2D eigenvalue weighted by atomic mass is 10.1. The van der Waals surface area contributed by atoms with Crippen molar-refractivity contribution >= 4 is 0 Å². The third-order valence-electron chi connectivity index (χ3n) is 1.90. The number of aromatic nitrogens is 3. The molecule has 14 heavy (non-hydrogen) atoms. The molecule has 0 saturated carbocycles. The van der Waals surface area contributed by atoms with E-state index < -0.39 is 6.10 Å². The molecule has 0 aliphatic heterocycles.